The van der Waals surface area contributed by atoms with Gasteiger partial charge in [0.15, 0.2) is 0 Å². The van der Waals surface area contributed by atoms with Crippen molar-refractivity contribution in [2.24, 2.45) is 11.3 Å². The van der Waals surface area contributed by atoms with Crippen molar-refractivity contribution < 1.29 is 27.7 Å². The lowest BCUT2D eigenvalue weighted by atomic mass is 9.63. The molecule has 2 nitrogen and oxygen atoms in total. The van der Waals surface area contributed by atoms with Gasteiger partial charge in [0.2, 0.25) is 0 Å². The molecule has 0 saturated heterocycles. The van der Waals surface area contributed by atoms with E-state index in [1.807, 2.05) is 0 Å². The standard InChI is InChI=1S/C14H24F4O2/c1-4-12(2,15)11(20-19)13(3,14(16,17)18)10-8-6-5-7-9-10/h10-11,19H,4-9H2,1-3H3. The number of halogens is 4. The summed E-state index contributed by atoms with van der Waals surface area (Å²) in [5, 5.41) is 8.98. The Morgan fingerprint density at radius 1 is 1.10 bits per heavy atom. The van der Waals surface area contributed by atoms with E-state index in [4.69, 9.17) is 5.26 Å². The molecule has 1 saturated carbocycles. The maximum absolute atomic E-state index is 14.5. The summed E-state index contributed by atoms with van der Waals surface area (Å²) in [6.07, 6.45) is -3.64. The molecule has 0 amide bonds. The number of hydrogen-bond donors (Lipinski definition) is 1. The van der Waals surface area contributed by atoms with E-state index in [1.165, 1.54) is 6.92 Å². The van der Waals surface area contributed by atoms with Crippen LogP contribution < -0.4 is 0 Å². The summed E-state index contributed by atoms with van der Waals surface area (Å²) in [6, 6.07) is 0. The van der Waals surface area contributed by atoms with Gasteiger partial charge in [-0.3, -0.25) is 5.26 Å². The van der Waals surface area contributed by atoms with Crippen LogP contribution in [0.1, 0.15) is 59.3 Å². The third-order valence-corrected chi connectivity index (χ3v) is 4.95. The minimum atomic E-state index is -4.63. The highest BCUT2D eigenvalue weighted by Crippen LogP contribution is 2.55. The SMILES string of the molecule is CCC(C)(F)C(OO)C(C)(C1CCCCC1)C(F)(F)F. The van der Waals surface area contributed by atoms with Crippen molar-refractivity contribution >= 4 is 0 Å². The van der Waals surface area contributed by atoms with Gasteiger partial charge in [-0.1, -0.05) is 26.2 Å². The van der Waals surface area contributed by atoms with Crippen molar-refractivity contribution in [1.29, 1.82) is 0 Å². The molecular weight excluding hydrogens is 276 g/mol. The quantitative estimate of drug-likeness (QED) is 0.433. The molecule has 0 aromatic rings. The number of hydrogen-bond acceptors (Lipinski definition) is 2. The molecule has 0 aromatic heterocycles. The number of alkyl halides is 4. The van der Waals surface area contributed by atoms with E-state index in [0.29, 0.717) is 25.7 Å². The molecule has 0 heterocycles. The lowest BCUT2D eigenvalue weighted by Crippen LogP contribution is -2.58. The van der Waals surface area contributed by atoms with Crippen LogP contribution in [0.3, 0.4) is 0 Å². The van der Waals surface area contributed by atoms with Crippen LogP contribution in [0.15, 0.2) is 0 Å². The van der Waals surface area contributed by atoms with E-state index in [2.05, 4.69) is 4.89 Å². The molecule has 3 unspecified atom stereocenters. The third kappa shape index (κ3) is 3.11. The Bertz CT molecular complexity index is 311. The first-order chi connectivity index (χ1) is 9.11. The van der Waals surface area contributed by atoms with Crippen LogP contribution >= 0.6 is 0 Å². The van der Waals surface area contributed by atoms with Gasteiger partial charge in [0.05, 0.1) is 5.41 Å². The maximum atomic E-state index is 14.5. The molecule has 0 spiro atoms. The van der Waals surface area contributed by atoms with Gasteiger partial charge in [0.25, 0.3) is 0 Å². The van der Waals surface area contributed by atoms with Crippen LogP contribution in [0.2, 0.25) is 0 Å². The summed E-state index contributed by atoms with van der Waals surface area (Å²) in [4.78, 5) is 4.06. The van der Waals surface area contributed by atoms with Crippen LogP contribution in [0, 0.1) is 11.3 Å². The van der Waals surface area contributed by atoms with Crippen molar-refractivity contribution in [3.63, 3.8) is 0 Å². The third-order valence-electron chi connectivity index (χ3n) is 4.95. The minimum Gasteiger partial charge on any atom is -0.251 e. The summed E-state index contributed by atoms with van der Waals surface area (Å²) in [5.74, 6) is -0.727. The van der Waals surface area contributed by atoms with Crippen molar-refractivity contribution in [1.82, 2.24) is 0 Å². The highest BCUT2D eigenvalue weighted by Gasteiger charge is 2.65. The molecule has 6 heteroatoms. The van der Waals surface area contributed by atoms with Crippen molar-refractivity contribution in [3.8, 4) is 0 Å². The molecule has 1 aliphatic rings. The zero-order chi connectivity index (χ0) is 15.6. The van der Waals surface area contributed by atoms with Gasteiger partial charge in [0, 0.05) is 0 Å². The molecule has 1 rings (SSSR count). The second kappa shape index (κ2) is 6.18. The highest BCUT2D eigenvalue weighted by atomic mass is 19.4. The Kier molecular flexibility index (Phi) is 5.46. The van der Waals surface area contributed by atoms with E-state index in [9.17, 15) is 17.6 Å². The molecule has 0 aromatic carbocycles. The fourth-order valence-corrected chi connectivity index (χ4v) is 3.33. The van der Waals surface area contributed by atoms with Gasteiger partial charge >= 0.3 is 6.18 Å². The van der Waals surface area contributed by atoms with Gasteiger partial charge in [-0.25, -0.2) is 9.28 Å². The highest BCUT2D eigenvalue weighted by molar-refractivity contribution is 5.02. The predicted octanol–water partition coefficient (Wildman–Crippen LogP) is 5.13. The minimum absolute atomic E-state index is 0.156. The average Bonchev–Trinajstić information content (AvgIpc) is 2.38. The Balaban J connectivity index is 3.22. The summed E-state index contributed by atoms with van der Waals surface area (Å²) in [5.41, 5.74) is -4.63. The largest absolute Gasteiger partial charge is 0.397 e. The molecule has 1 N–H and O–H groups in total. The van der Waals surface area contributed by atoms with Crippen LogP contribution in [0.4, 0.5) is 17.6 Å². The van der Waals surface area contributed by atoms with Gasteiger partial charge in [-0.05, 0) is 39.0 Å². The Morgan fingerprint density at radius 2 is 1.60 bits per heavy atom. The number of rotatable bonds is 5. The van der Waals surface area contributed by atoms with Gasteiger partial charge in [-0.15, -0.1) is 0 Å². The topological polar surface area (TPSA) is 29.5 Å². The molecular formula is C14H24F4O2. The lowest BCUT2D eigenvalue weighted by molar-refractivity contribution is -0.380. The zero-order valence-electron chi connectivity index (χ0n) is 12.3. The fraction of sp³-hybridized carbons (Fsp3) is 1.00. The second-order valence-corrected chi connectivity index (χ2v) is 6.23. The smallest absolute Gasteiger partial charge is 0.251 e. The van der Waals surface area contributed by atoms with E-state index >= 15 is 0 Å². The van der Waals surface area contributed by atoms with Crippen molar-refractivity contribution in [2.45, 2.75) is 77.2 Å². The van der Waals surface area contributed by atoms with E-state index in [1.54, 1.807) is 0 Å². The van der Waals surface area contributed by atoms with Crippen LogP contribution in [0.25, 0.3) is 0 Å². The molecule has 0 aliphatic heterocycles. The fourth-order valence-electron chi connectivity index (χ4n) is 3.33. The second-order valence-electron chi connectivity index (χ2n) is 6.23. The van der Waals surface area contributed by atoms with Crippen LogP contribution in [-0.2, 0) is 4.89 Å². The molecule has 0 radical (unpaired) electrons. The maximum Gasteiger partial charge on any atom is 0.397 e. The summed E-state index contributed by atoms with van der Waals surface area (Å²) >= 11 is 0. The molecule has 3 atom stereocenters. The summed E-state index contributed by atoms with van der Waals surface area (Å²) < 4.78 is 55.4. The summed E-state index contributed by atoms with van der Waals surface area (Å²) in [7, 11) is 0. The van der Waals surface area contributed by atoms with E-state index < -0.39 is 29.3 Å². The Labute approximate surface area is 117 Å². The first-order valence-corrected chi connectivity index (χ1v) is 7.17. The van der Waals surface area contributed by atoms with Crippen molar-refractivity contribution in [3.05, 3.63) is 0 Å². The first kappa shape index (κ1) is 17.7. The normalized spacial score (nSPS) is 25.8. The molecule has 1 aliphatic carbocycles. The lowest BCUT2D eigenvalue weighted by Gasteiger charge is -2.48. The monoisotopic (exact) mass is 300 g/mol. The Hall–Kier alpha value is -0.360. The molecule has 0 bridgehead atoms. The first-order valence-electron chi connectivity index (χ1n) is 7.17. The summed E-state index contributed by atoms with van der Waals surface area (Å²) in [6.45, 7) is 3.49. The zero-order valence-corrected chi connectivity index (χ0v) is 12.3. The molecule has 120 valence electrons. The average molecular weight is 300 g/mol. The van der Waals surface area contributed by atoms with Crippen LogP contribution in [-0.4, -0.2) is 23.2 Å². The van der Waals surface area contributed by atoms with Gasteiger partial charge in [-0.2, -0.15) is 13.2 Å². The predicted molar refractivity (Wildman–Crippen MR) is 68.0 cm³/mol. The van der Waals surface area contributed by atoms with Crippen molar-refractivity contribution in [2.75, 3.05) is 0 Å². The Morgan fingerprint density at radius 3 is 1.95 bits per heavy atom. The van der Waals surface area contributed by atoms with Gasteiger partial charge < -0.3 is 0 Å². The van der Waals surface area contributed by atoms with Crippen LogP contribution in [0.5, 0.6) is 0 Å². The molecule has 20 heavy (non-hydrogen) atoms. The van der Waals surface area contributed by atoms with Gasteiger partial charge in [0.1, 0.15) is 11.8 Å². The molecule has 1 fully saturated rings. The van der Waals surface area contributed by atoms with E-state index in [0.717, 1.165) is 20.3 Å². The van der Waals surface area contributed by atoms with E-state index in [-0.39, 0.29) is 6.42 Å².